The van der Waals surface area contributed by atoms with Crippen LogP contribution < -0.4 is 5.11 Å². The Bertz CT molecular complexity index is 529. The van der Waals surface area contributed by atoms with Crippen molar-refractivity contribution in [2.24, 2.45) is 17.3 Å². The van der Waals surface area contributed by atoms with E-state index in [-0.39, 0.29) is 11.3 Å². The van der Waals surface area contributed by atoms with Crippen LogP contribution in [-0.2, 0) is 9.59 Å². The third kappa shape index (κ3) is 3.17. The maximum Gasteiger partial charge on any atom is 0.226 e. The summed E-state index contributed by atoms with van der Waals surface area (Å²) in [4.78, 5) is 26.5. The smallest absolute Gasteiger partial charge is 0.226 e. The van der Waals surface area contributed by atoms with E-state index >= 15 is 0 Å². The number of carboxylic acids is 1. The van der Waals surface area contributed by atoms with Crippen LogP contribution in [-0.4, -0.2) is 29.9 Å². The first kappa shape index (κ1) is 16.5. The van der Waals surface area contributed by atoms with E-state index in [1.165, 1.54) is 17.6 Å². The summed E-state index contributed by atoms with van der Waals surface area (Å²) in [5.41, 5.74) is 2.72. The van der Waals surface area contributed by atoms with Gasteiger partial charge in [0, 0.05) is 25.0 Å². The third-order valence-corrected chi connectivity index (χ3v) is 6.19. The highest BCUT2D eigenvalue weighted by atomic mass is 16.4. The van der Waals surface area contributed by atoms with Gasteiger partial charge in [-0.3, -0.25) is 4.79 Å². The highest BCUT2D eigenvalue weighted by Crippen LogP contribution is 2.49. The van der Waals surface area contributed by atoms with E-state index in [1.54, 1.807) is 0 Å². The fraction of sp³-hybridized carbons (Fsp3) is 0.789. The number of aliphatic carboxylic acids is 1. The first-order chi connectivity index (χ1) is 10.9. The molecule has 0 saturated carbocycles. The van der Waals surface area contributed by atoms with Crippen molar-refractivity contribution < 1.29 is 14.7 Å². The molecule has 0 aromatic carbocycles. The molecule has 0 aromatic heterocycles. The van der Waals surface area contributed by atoms with Gasteiger partial charge in [-0.25, -0.2) is 0 Å². The summed E-state index contributed by atoms with van der Waals surface area (Å²) in [6.07, 6.45) is 7.67. The summed E-state index contributed by atoms with van der Waals surface area (Å²) >= 11 is 0. The number of nitrogens with zero attached hydrogens (tertiary/aromatic N) is 1. The topological polar surface area (TPSA) is 60.4 Å². The molecule has 0 radical (unpaired) electrons. The standard InChI is InChI=1S/C19H29NO3/c1-19(2)8-6-7-13-11-14(15(18(22)23)12-16(13)19)17(21)20-9-4-3-5-10-20/h14-15H,3-12H2,1-2H3,(H,22,23)/p-1/t14-,15+/m0/s1. The molecule has 0 spiro atoms. The van der Waals surface area contributed by atoms with Crippen LogP contribution in [0.5, 0.6) is 0 Å². The van der Waals surface area contributed by atoms with E-state index < -0.39 is 17.8 Å². The van der Waals surface area contributed by atoms with E-state index in [0.717, 1.165) is 45.2 Å². The number of carbonyl (C=O) groups is 2. The number of hydrogen-bond acceptors (Lipinski definition) is 3. The number of hydrogen-bond donors (Lipinski definition) is 0. The van der Waals surface area contributed by atoms with Crippen LogP contribution in [0.3, 0.4) is 0 Å². The molecule has 1 amide bonds. The van der Waals surface area contributed by atoms with Gasteiger partial charge in [-0.05, 0) is 56.8 Å². The van der Waals surface area contributed by atoms with Crippen molar-refractivity contribution in [3.05, 3.63) is 11.1 Å². The molecule has 0 aromatic rings. The SMILES string of the molecule is CC1(C)CCCC2=C1C[C@@H](C(=O)[O-])[C@@H](C(=O)N1CCCCC1)C2. The predicted octanol–water partition coefficient (Wildman–Crippen LogP) is 2.28. The number of allylic oxidation sites excluding steroid dienone is 2. The number of carboxylic acid groups (broad SMARTS) is 1. The molecule has 4 heteroatoms. The quantitative estimate of drug-likeness (QED) is 0.734. The maximum absolute atomic E-state index is 12.9. The minimum absolute atomic E-state index is 0.0498. The van der Waals surface area contributed by atoms with E-state index in [2.05, 4.69) is 13.8 Å². The van der Waals surface area contributed by atoms with Gasteiger partial charge in [-0.2, -0.15) is 0 Å². The van der Waals surface area contributed by atoms with Crippen LogP contribution in [0.4, 0.5) is 0 Å². The van der Waals surface area contributed by atoms with Crippen LogP contribution in [0, 0.1) is 17.3 Å². The van der Waals surface area contributed by atoms with E-state index in [1.807, 2.05) is 4.90 Å². The molecule has 2 atom stereocenters. The molecule has 0 N–H and O–H groups in total. The van der Waals surface area contributed by atoms with Crippen molar-refractivity contribution in [3.63, 3.8) is 0 Å². The van der Waals surface area contributed by atoms with Crippen molar-refractivity contribution in [2.75, 3.05) is 13.1 Å². The lowest BCUT2D eigenvalue weighted by atomic mass is 9.63. The molecule has 3 aliphatic rings. The van der Waals surface area contributed by atoms with Gasteiger partial charge in [-0.1, -0.05) is 25.0 Å². The Hall–Kier alpha value is -1.32. The summed E-state index contributed by atoms with van der Waals surface area (Å²) in [6.45, 7) is 5.99. The third-order valence-electron chi connectivity index (χ3n) is 6.19. The van der Waals surface area contributed by atoms with Crippen molar-refractivity contribution in [3.8, 4) is 0 Å². The van der Waals surface area contributed by atoms with Gasteiger partial charge < -0.3 is 14.8 Å². The second-order valence-electron chi connectivity index (χ2n) is 8.15. The summed E-state index contributed by atoms with van der Waals surface area (Å²) in [5, 5.41) is 11.7. The van der Waals surface area contributed by atoms with Crippen LogP contribution in [0.25, 0.3) is 0 Å². The number of amides is 1. The Kier molecular flexibility index (Phi) is 4.52. The van der Waals surface area contributed by atoms with Gasteiger partial charge >= 0.3 is 0 Å². The fourth-order valence-corrected chi connectivity index (χ4v) is 4.80. The Morgan fingerprint density at radius 3 is 2.39 bits per heavy atom. The Morgan fingerprint density at radius 2 is 1.74 bits per heavy atom. The summed E-state index contributed by atoms with van der Waals surface area (Å²) < 4.78 is 0. The van der Waals surface area contributed by atoms with Gasteiger partial charge in [0.05, 0.1) is 5.92 Å². The van der Waals surface area contributed by atoms with E-state index in [9.17, 15) is 14.7 Å². The van der Waals surface area contributed by atoms with Crippen LogP contribution >= 0.6 is 0 Å². The lowest BCUT2D eigenvalue weighted by Crippen LogP contribution is -2.48. The molecule has 1 saturated heterocycles. The van der Waals surface area contributed by atoms with Gasteiger partial charge in [0.1, 0.15) is 0 Å². The van der Waals surface area contributed by atoms with Crippen molar-refractivity contribution in [1.29, 1.82) is 0 Å². The first-order valence-corrected chi connectivity index (χ1v) is 9.11. The average Bonchev–Trinajstić information content (AvgIpc) is 2.53. The normalized spacial score (nSPS) is 30.8. The van der Waals surface area contributed by atoms with Crippen LogP contribution in [0.15, 0.2) is 11.1 Å². The fourth-order valence-electron chi connectivity index (χ4n) is 4.80. The largest absolute Gasteiger partial charge is 0.550 e. The van der Waals surface area contributed by atoms with Crippen LogP contribution in [0.2, 0.25) is 0 Å². The highest BCUT2D eigenvalue weighted by molar-refractivity contribution is 5.85. The zero-order valence-electron chi connectivity index (χ0n) is 14.4. The molecule has 23 heavy (non-hydrogen) atoms. The molecule has 1 heterocycles. The van der Waals surface area contributed by atoms with E-state index in [4.69, 9.17) is 0 Å². The summed E-state index contributed by atoms with van der Waals surface area (Å²) in [5.74, 6) is -2.06. The van der Waals surface area contributed by atoms with Crippen molar-refractivity contribution >= 4 is 11.9 Å². The number of likely N-dealkylation sites (tertiary alicyclic amines) is 1. The Morgan fingerprint density at radius 1 is 1.04 bits per heavy atom. The molecule has 0 unspecified atom stereocenters. The lowest BCUT2D eigenvalue weighted by molar-refractivity contribution is -0.313. The van der Waals surface area contributed by atoms with Gasteiger partial charge in [-0.15, -0.1) is 0 Å². The van der Waals surface area contributed by atoms with Crippen molar-refractivity contribution in [2.45, 2.75) is 65.2 Å². The number of rotatable bonds is 2. The van der Waals surface area contributed by atoms with E-state index in [0.29, 0.717) is 12.8 Å². The number of carbonyl (C=O) groups excluding carboxylic acids is 2. The maximum atomic E-state index is 12.9. The second kappa shape index (κ2) is 6.29. The molecule has 1 aliphatic heterocycles. The van der Waals surface area contributed by atoms with Crippen LogP contribution in [0.1, 0.15) is 65.2 Å². The molecular weight excluding hydrogens is 290 g/mol. The molecule has 4 nitrogen and oxygen atoms in total. The lowest BCUT2D eigenvalue weighted by Gasteiger charge is -2.44. The molecule has 3 rings (SSSR count). The molecule has 128 valence electrons. The first-order valence-electron chi connectivity index (χ1n) is 9.11. The Balaban J connectivity index is 1.86. The minimum Gasteiger partial charge on any atom is -0.550 e. The zero-order chi connectivity index (χ0) is 16.6. The Labute approximate surface area is 138 Å². The summed E-state index contributed by atoms with van der Waals surface area (Å²) in [6, 6.07) is 0. The monoisotopic (exact) mass is 318 g/mol. The predicted molar refractivity (Wildman–Crippen MR) is 86.3 cm³/mol. The highest BCUT2D eigenvalue weighted by Gasteiger charge is 2.42. The van der Waals surface area contributed by atoms with Crippen molar-refractivity contribution in [1.82, 2.24) is 4.90 Å². The average molecular weight is 318 g/mol. The minimum atomic E-state index is -1.05. The van der Waals surface area contributed by atoms with Gasteiger partial charge in [0.2, 0.25) is 5.91 Å². The van der Waals surface area contributed by atoms with Gasteiger partial charge in [0.15, 0.2) is 0 Å². The molecule has 2 aliphatic carbocycles. The zero-order valence-corrected chi connectivity index (χ0v) is 14.4. The number of piperidine rings is 1. The molecule has 1 fully saturated rings. The second-order valence-corrected chi connectivity index (χ2v) is 8.15. The van der Waals surface area contributed by atoms with Gasteiger partial charge in [0.25, 0.3) is 0 Å². The molecule has 0 bridgehead atoms. The molecular formula is C19H28NO3-. The summed E-state index contributed by atoms with van der Waals surface area (Å²) in [7, 11) is 0.